The van der Waals surface area contributed by atoms with E-state index in [-0.39, 0.29) is 47.0 Å². The Balaban J connectivity index is 1.34. The van der Waals surface area contributed by atoms with E-state index in [4.69, 9.17) is 0 Å². The average molecular weight is 552 g/mol. The SMILES string of the molecule is N#C[C@H](C[C@@H]1CCNC1=O)NC(=O)[C@@H]1CC2(CN1C(=O)[C@@H](NC(=O)C1(F)CC1)C1CCCC1)SCCS2. The number of amides is 4. The van der Waals surface area contributed by atoms with Crippen molar-refractivity contribution in [1.29, 1.82) is 5.26 Å². The molecule has 202 valence electrons. The lowest BCUT2D eigenvalue weighted by molar-refractivity contribution is -0.143. The zero-order valence-electron chi connectivity index (χ0n) is 20.8. The summed E-state index contributed by atoms with van der Waals surface area (Å²) in [7, 11) is 0. The zero-order valence-corrected chi connectivity index (χ0v) is 22.4. The highest BCUT2D eigenvalue weighted by molar-refractivity contribution is 8.21. The molecule has 9 nitrogen and oxygen atoms in total. The van der Waals surface area contributed by atoms with E-state index >= 15 is 0 Å². The number of likely N-dealkylation sites (tertiary alicyclic amines) is 1. The van der Waals surface area contributed by atoms with Crippen molar-refractivity contribution in [2.24, 2.45) is 11.8 Å². The number of carbonyl (C=O) groups excluding carboxylic acids is 4. The van der Waals surface area contributed by atoms with Crippen LogP contribution >= 0.6 is 23.5 Å². The molecule has 3 saturated heterocycles. The van der Waals surface area contributed by atoms with Gasteiger partial charge in [-0.3, -0.25) is 19.2 Å². The maximum atomic E-state index is 14.5. The molecular formula is C25H34FN5O4S2. The Bertz CT molecular complexity index is 990. The van der Waals surface area contributed by atoms with E-state index in [1.807, 2.05) is 0 Å². The molecule has 4 atom stereocenters. The number of nitrogens with zero attached hydrogens (tertiary/aromatic N) is 2. The van der Waals surface area contributed by atoms with Crippen LogP contribution in [0.3, 0.4) is 0 Å². The molecule has 0 aromatic rings. The highest BCUT2D eigenvalue weighted by Crippen LogP contribution is 2.52. The van der Waals surface area contributed by atoms with Crippen molar-refractivity contribution in [3.05, 3.63) is 0 Å². The summed E-state index contributed by atoms with van der Waals surface area (Å²) >= 11 is 3.48. The van der Waals surface area contributed by atoms with Gasteiger partial charge in [0.2, 0.25) is 17.7 Å². The Labute approximate surface area is 224 Å². The van der Waals surface area contributed by atoms with Gasteiger partial charge in [-0.15, -0.1) is 23.5 Å². The third-order valence-corrected chi connectivity index (χ3v) is 11.8. The minimum atomic E-state index is -1.89. The van der Waals surface area contributed by atoms with Crippen LogP contribution < -0.4 is 16.0 Å². The molecular weight excluding hydrogens is 517 g/mol. The van der Waals surface area contributed by atoms with Gasteiger partial charge in [0.1, 0.15) is 18.1 Å². The Morgan fingerprint density at radius 1 is 1.16 bits per heavy atom. The molecule has 5 aliphatic rings. The van der Waals surface area contributed by atoms with Crippen molar-refractivity contribution in [2.45, 2.75) is 85.7 Å². The molecule has 3 heterocycles. The van der Waals surface area contributed by atoms with Crippen molar-refractivity contribution in [2.75, 3.05) is 24.6 Å². The standard InChI is InChI=1S/C25H34FN5O4S2/c26-24(6-7-24)23(35)30-19(15-3-1-2-4-15)22(34)31-14-25(36-9-10-37-25)12-18(31)21(33)29-17(13-27)11-16-5-8-28-20(16)32/h15-19H,1-12,14H2,(H,28,32)(H,29,33)(H,30,35)/t16-,17-,18-,19-/m0/s1. The van der Waals surface area contributed by atoms with Crippen molar-refractivity contribution in [1.82, 2.24) is 20.9 Å². The first kappa shape index (κ1) is 26.6. The fourth-order valence-corrected chi connectivity index (χ4v) is 9.29. The number of nitriles is 1. The molecule has 3 N–H and O–H groups in total. The minimum Gasteiger partial charge on any atom is -0.356 e. The summed E-state index contributed by atoms with van der Waals surface area (Å²) < 4.78 is 14.2. The maximum absolute atomic E-state index is 14.5. The molecule has 2 aliphatic carbocycles. The van der Waals surface area contributed by atoms with E-state index in [2.05, 4.69) is 22.0 Å². The van der Waals surface area contributed by atoms with Crippen molar-refractivity contribution in [3.63, 3.8) is 0 Å². The van der Waals surface area contributed by atoms with Crippen LogP contribution in [0, 0.1) is 23.2 Å². The monoisotopic (exact) mass is 551 g/mol. The molecule has 1 spiro atoms. The number of hydrogen-bond donors (Lipinski definition) is 3. The summed E-state index contributed by atoms with van der Waals surface area (Å²) in [6, 6.07) is -0.394. The van der Waals surface area contributed by atoms with Gasteiger partial charge in [0.25, 0.3) is 5.91 Å². The van der Waals surface area contributed by atoms with Gasteiger partial charge in [-0.1, -0.05) is 12.8 Å². The van der Waals surface area contributed by atoms with Crippen LogP contribution in [0.2, 0.25) is 0 Å². The number of thioether (sulfide) groups is 2. The number of rotatable bonds is 8. The first-order chi connectivity index (χ1) is 17.7. The molecule has 4 amide bonds. The highest BCUT2D eigenvalue weighted by Gasteiger charge is 2.55. The van der Waals surface area contributed by atoms with Crippen LogP contribution in [0.4, 0.5) is 4.39 Å². The Morgan fingerprint density at radius 3 is 2.46 bits per heavy atom. The Kier molecular flexibility index (Phi) is 7.65. The van der Waals surface area contributed by atoms with Crippen LogP contribution in [0.25, 0.3) is 0 Å². The molecule has 37 heavy (non-hydrogen) atoms. The topological polar surface area (TPSA) is 131 Å². The minimum absolute atomic E-state index is 0.0873. The van der Waals surface area contributed by atoms with Crippen LogP contribution in [0.15, 0.2) is 0 Å². The molecule has 0 aromatic heterocycles. The van der Waals surface area contributed by atoms with Gasteiger partial charge in [0.15, 0.2) is 5.67 Å². The number of carbonyl (C=O) groups is 4. The third-order valence-electron chi connectivity index (χ3n) is 8.37. The average Bonchev–Trinajstić information content (AvgIpc) is 3.41. The lowest BCUT2D eigenvalue weighted by Gasteiger charge is -2.32. The second-order valence-electron chi connectivity index (χ2n) is 11.0. The van der Waals surface area contributed by atoms with Gasteiger partial charge >= 0.3 is 0 Å². The Morgan fingerprint density at radius 2 is 1.86 bits per heavy atom. The van der Waals surface area contributed by atoms with Gasteiger partial charge in [0.05, 0.1) is 10.1 Å². The van der Waals surface area contributed by atoms with E-state index in [1.165, 1.54) is 0 Å². The lowest BCUT2D eigenvalue weighted by atomic mass is 9.95. The number of alkyl halides is 1. The number of hydrogen-bond acceptors (Lipinski definition) is 7. The summed E-state index contributed by atoms with van der Waals surface area (Å²) in [5.74, 6) is -0.149. The molecule has 0 unspecified atom stereocenters. The molecule has 0 aromatic carbocycles. The van der Waals surface area contributed by atoms with E-state index in [1.54, 1.807) is 28.4 Å². The summed E-state index contributed by atoms with van der Waals surface area (Å²) in [5.41, 5.74) is -1.89. The molecule has 3 aliphatic heterocycles. The van der Waals surface area contributed by atoms with Gasteiger partial charge in [-0.25, -0.2) is 4.39 Å². The molecule has 0 radical (unpaired) electrons. The molecule has 2 saturated carbocycles. The smallest absolute Gasteiger partial charge is 0.258 e. The molecule has 5 rings (SSSR count). The first-order valence-corrected chi connectivity index (χ1v) is 15.3. The van der Waals surface area contributed by atoms with Crippen molar-refractivity contribution in [3.8, 4) is 6.07 Å². The predicted octanol–water partition coefficient (Wildman–Crippen LogP) is 1.48. The second kappa shape index (κ2) is 10.6. The van der Waals surface area contributed by atoms with Gasteiger partial charge in [0, 0.05) is 36.9 Å². The van der Waals surface area contributed by atoms with Crippen LogP contribution in [0.1, 0.15) is 57.8 Å². The summed E-state index contributed by atoms with van der Waals surface area (Å²) in [6.07, 6.45) is 5.07. The largest absolute Gasteiger partial charge is 0.356 e. The summed E-state index contributed by atoms with van der Waals surface area (Å²) in [6.45, 7) is 0.924. The maximum Gasteiger partial charge on any atom is 0.258 e. The second-order valence-corrected chi connectivity index (χ2v) is 14.2. The van der Waals surface area contributed by atoms with E-state index in [0.29, 0.717) is 25.9 Å². The van der Waals surface area contributed by atoms with Crippen LogP contribution in [-0.4, -0.2) is 81.0 Å². The van der Waals surface area contributed by atoms with Crippen LogP contribution in [-0.2, 0) is 19.2 Å². The molecule has 5 fully saturated rings. The van der Waals surface area contributed by atoms with Gasteiger partial charge in [-0.2, -0.15) is 5.26 Å². The van der Waals surface area contributed by atoms with Gasteiger partial charge < -0.3 is 20.9 Å². The van der Waals surface area contributed by atoms with E-state index in [0.717, 1.165) is 37.2 Å². The van der Waals surface area contributed by atoms with Crippen LogP contribution in [0.5, 0.6) is 0 Å². The van der Waals surface area contributed by atoms with Crippen molar-refractivity contribution < 1.29 is 23.6 Å². The van der Waals surface area contributed by atoms with E-state index in [9.17, 15) is 28.8 Å². The first-order valence-electron chi connectivity index (χ1n) is 13.3. The highest BCUT2D eigenvalue weighted by atomic mass is 32.2. The fourth-order valence-electron chi connectivity index (χ4n) is 6.04. The summed E-state index contributed by atoms with van der Waals surface area (Å²) in [5, 5.41) is 18.0. The fraction of sp³-hybridized carbons (Fsp3) is 0.800. The lowest BCUT2D eigenvalue weighted by Crippen LogP contribution is -2.57. The Hall–Kier alpha value is -2.00. The third kappa shape index (κ3) is 5.58. The quantitative estimate of drug-likeness (QED) is 0.416. The number of nitrogens with one attached hydrogen (secondary N) is 3. The van der Waals surface area contributed by atoms with Crippen molar-refractivity contribution >= 4 is 47.2 Å². The molecule has 0 bridgehead atoms. The normalized spacial score (nSPS) is 29.5. The molecule has 12 heteroatoms. The van der Waals surface area contributed by atoms with E-state index < -0.39 is 35.6 Å². The predicted molar refractivity (Wildman–Crippen MR) is 138 cm³/mol. The summed E-state index contributed by atoms with van der Waals surface area (Å²) in [4.78, 5) is 53.8. The number of halogens is 1. The zero-order chi connectivity index (χ0) is 26.2. The van der Waals surface area contributed by atoms with Gasteiger partial charge in [-0.05, 0) is 44.4 Å².